The first-order chi connectivity index (χ1) is 17.0. The maximum Gasteiger partial charge on any atom is 0.252 e. The standard InChI is InChI=1S/C27H31FN6O/c1-3-25(26-30-31-32-34(26)16-19-9-12-22(28)13-10-19)33(23-6-4-5-7-23)17-21-15-20-11-8-18(2)14-24(20)29-27(21)35/h8-15,23,25H,3-7,16-17H2,1-2H3,(H,29,35)/t25-/m1/s1. The SMILES string of the molecule is CC[C@H](c1nnnn1Cc1ccc(F)cc1)N(Cc1cc2ccc(C)cc2[nH]c1=O)C1CCCC1. The summed E-state index contributed by atoms with van der Waals surface area (Å²) < 4.78 is 15.2. The number of tetrazole rings is 1. The Kier molecular flexibility index (Phi) is 6.72. The second-order valence-electron chi connectivity index (χ2n) is 9.57. The van der Waals surface area contributed by atoms with Crippen LogP contribution in [0.4, 0.5) is 4.39 Å². The van der Waals surface area contributed by atoms with Crippen molar-refractivity contribution in [2.75, 3.05) is 0 Å². The molecule has 7 nitrogen and oxygen atoms in total. The topological polar surface area (TPSA) is 79.7 Å². The van der Waals surface area contributed by atoms with Crippen LogP contribution in [0.15, 0.2) is 53.3 Å². The number of fused-ring (bicyclic) bond motifs is 1. The van der Waals surface area contributed by atoms with Crippen molar-refractivity contribution < 1.29 is 4.39 Å². The molecule has 1 aliphatic rings. The number of hydrogen-bond donors (Lipinski definition) is 1. The lowest BCUT2D eigenvalue weighted by Gasteiger charge is -2.35. The summed E-state index contributed by atoms with van der Waals surface area (Å²) >= 11 is 0. The molecule has 1 saturated carbocycles. The van der Waals surface area contributed by atoms with Crippen molar-refractivity contribution in [1.82, 2.24) is 30.1 Å². The van der Waals surface area contributed by atoms with Crippen molar-refractivity contribution in [2.24, 2.45) is 0 Å². The third kappa shape index (κ3) is 5.03. The Hall–Kier alpha value is -3.39. The van der Waals surface area contributed by atoms with E-state index >= 15 is 0 Å². The maximum absolute atomic E-state index is 13.4. The van der Waals surface area contributed by atoms with Crippen molar-refractivity contribution in [1.29, 1.82) is 0 Å². The number of pyridine rings is 1. The van der Waals surface area contributed by atoms with Crippen LogP contribution in [-0.4, -0.2) is 36.1 Å². The van der Waals surface area contributed by atoms with E-state index < -0.39 is 0 Å². The third-order valence-corrected chi connectivity index (χ3v) is 7.12. The first-order valence-electron chi connectivity index (χ1n) is 12.4. The highest BCUT2D eigenvalue weighted by molar-refractivity contribution is 5.79. The summed E-state index contributed by atoms with van der Waals surface area (Å²) in [6.45, 7) is 5.16. The normalized spacial score (nSPS) is 15.3. The molecule has 1 fully saturated rings. The minimum Gasteiger partial charge on any atom is -0.322 e. The van der Waals surface area contributed by atoms with E-state index in [0.717, 1.165) is 52.7 Å². The highest BCUT2D eigenvalue weighted by Gasteiger charge is 2.32. The van der Waals surface area contributed by atoms with Crippen LogP contribution in [0, 0.1) is 12.7 Å². The molecule has 4 aromatic rings. The number of benzene rings is 2. The van der Waals surface area contributed by atoms with Gasteiger partial charge in [-0.3, -0.25) is 9.69 Å². The van der Waals surface area contributed by atoms with Gasteiger partial charge in [0.1, 0.15) is 5.82 Å². The van der Waals surface area contributed by atoms with E-state index in [4.69, 9.17) is 0 Å². The molecule has 182 valence electrons. The lowest BCUT2D eigenvalue weighted by Crippen LogP contribution is -2.39. The molecular weight excluding hydrogens is 443 g/mol. The average Bonchev–Trinajstić information content (AvgIpc) is 3.54. The summed E-state index contributed by atoms with van der Waals surface area (Å²) in [6, 6.07) is 14.9. The van der Waals surface area contributed by atoms with E-state index in [1.54, 1.807) is 16.8 Å². The zero-order valence-corrected chi connectivity index (χ0v) is 20.2. The van der Waals surface area contributed by atoms with Gasteiger partial charge < -0.3 is 4.98 Å². The van der Waals surface area contributed by atoms with E-state index in [9.17, 15) is 9.18 Å². The molecule has 8 heteroatoms. The van der Waals surface area contributed by atoms with Crippen LogP contribution in [0.1, 0.15) is 67.6 Å². The fourth-order valence-corrected chi connectivity index (χ4v) is 5.29. The van der Waals surface area contributed by atoms with Gasteiger partial charge in [-0.25, -0.2) is 9.07 Å². The summed E-state index contributed by atoms with van der Waals surface area (Å²) in [5, 5.41) is 13.7. The number of nitrogens with zero attached hydrogens (tertiary/aromatic N) is 5. The van der Waals surface area contributed by atoms with Gasteiger partial charge in [-0.1, -0.05) is 44.0 Å². The Morgan fingerprint density at radius 1 is 1.14 bits per heavy atom. The molecule has 1 atom stereocenters. The molecule has 2 aromatic heterocycles. The minimum absolute atomic E-state index is 0.0401. The summed E-state index contributed by atoms with van der Waals surface area (Å²) in [5.41, 5.74) is 3.62. The van der Waals surface area contributed by atoms with E-state index in [1.807, 2.05) is 19.1 Å². The summed E-state index contributed by atoms with van der Waals surface area (Å²) in [6.07, 6.45) is 5.38. The number of H-pyrrole nitrogens is 1. The summed E-state index contributed by atoms with van der Waals surface area (Å²) in [4.78, 5) is 18.6. The molecule has 2 heterocycles. The van der Waals surface area contributed by atoms with E-state index in [0.29, 0.717) is 19.1 Å². The first kappa shape index (κ1) is 23.4. The number of aromatic amines is 1. The first-order valence-corrected chi connectivity index (χ1v) is 12.4. The maximum atomic E-state index is 13.4. The molecular formula is C27H31FN6O. The third-order valence-electron chi connectivity index (χ3n) is 7.12. The quantitative estimate of drug-likeness (QED) is 0.393. The molecule has 0 unspecified atom stereocenters. The van der Waals surface area contributed by atoms with Crippen molar-refractivity contribution >= 4 is 10.9 Å². The molecule has 1 aliphatic carbocycles. The van der Waals surface area contributed by atoms with Gasteiger partial charge in [0.05, 0.1) is 12.6 Å². The molecule has 2 aromatic carbocycles. The van der Waals surface area contributed by atoms with E-state index in [-0.39, 0.29) is 17.4 Å². The van der Waals surface area contributed by atoms with Crippen LogP contribution in [0.3, 0.4) is 0 Å². The van der Waals surface area contributed by atoms with Crippen molar-refractivity contribution in [2.45, 2.75) is 71.1 Å². The monoisotopic (exact) mass is 474 g/mol. The largest absolute Gasteiger partial charge is 0.322 e. The number of hydrogen-bond acceptors (Lipinski definition) is 5. The van der Waals surface area contributed by atoms with E-state index in [1.165, 1.54) is 25.0 Å². The van der Waals surface area contributed by atoms with Crippen LogP contribution in [0.25, 0.3) is 10.9 Å². The van der Waals surface area contributed by atoms with Crippen LogP contribution >= 0.6 is 0 Å². The molecule has 35 heavy (non-hydrogen) atoms. The highest BCUT2D eigenvalue weighted by Crippen LogP contribution is 2.33. The predicted molar refractivity (Wildman–Crippen MR) is 133 cm³/mol. The van der Waals surface area contributed by atoms with Gasteiger partial charge in [0.2, 0.25) is 0 Å². The molecule has 1 N–H and O–H groups in total. The van der Waals surface area contributed by atoms with Crippen molar-refractivity contribution in [3.8, 4) is 0 Å². The fraction of sp³-hybridized carbons (Fsp3) is 0.407. The molecule has 0 saturated heterocycles. The summed E-state index contributed by atoms with van der Waals surface area (Å²) in [5.74, 6) is 0.511. The van der Waals surface area contributed by atoms with Gasteiger partial charge in [-0.2, -0.15) is 0 Å². The molecule has 0 radical (unpaired) electrons. The number of rotatable bonds is 8. The second-order valence-corrected chi connectivity index (χ2v) is 9.57. The Labute approximate surface area is 204 Å². The Balaban J connectivity index is 1.48. The number of nitrogens with one attached hydrogen (secondary N) is 1. The number of halogens is 1. The number of aryl methyl sites for hydroxylation is 1. The molecule has 0 amide bonds. The zero-order chi connectivity index (χ0) is 24.4. The van der Waals surface area contributed by atoms with Gasteiger partial charge in [0.25, 0.3) is 5.56 Å². The highest BCUT2D eigenvalue weighted by atomic mass is 19.1. The summed E-state index contributed by atoms with van der Waals surface area (Å²) in [7, 11) is 0. The van der Waals surface area contributed by atoms with E-state index in [2.05, 4.69) is 44.5 Å². The Morgan fingerprint density at radius 3 is 2.66 bits per heavy atom. The van der Waals surface area contributed by atoms with Gasteiger partial charge in [0, 0.05) is 23.7 Å². The van der Waals surface area contributed by atoms with Gasteiger partial charge in [-0.05, 0) is 77.4 Å². The minimum atomic E-state index is -0.264. The van der Waals surface area contributed by atoms with Crippen LogP contribution in [-0.2, 0) is 13.1 Å². The van der Waals surface area contributed by atoms with Gasteiger partial charge in [-0.15, -0.1) is 5.10 Å². The van der Waals surface area contributed by atoms with Gasteiger partial charge in [0.15, 0.2) is 5.82 Å². The van der Waals surface area contributed by atoms with Crippen LogP contribution in [0.2, 0.25) is 0 Å². The van der Waals surface area contributed by atoms with Crippen molar-refractivity contribution in [3.63, 3.8) is 0 Å². The molecule has 0 spiro atoms. The number of aromatic nitrogens is 5. The lowest BCUT2D eigenvalue weighted by molar-refractivity contribution is 0.112. The van der Waals surface area contributed by atoms with Gasteiger partial charge >= 0.3 is 0 Å². The van der Waals surface area contributed by atoms with Crippen molar-refractivity contribution in [3.05, 3.63) is 87.2 Å². The molecule has 0 bridgehead atoms. The molecule has 5 rings (SSSR count). The van der Waals surface area contributed by atoms with Crippen LogP contribution in [0.5, 0.6) is 0 Å². The average molecular weight is 475 g/mol. The fourth-order valence-electron chi connectivity index (χ4n) is 5.29. The molecule has 0 aliphatic heterocycles. The second kappa shape index (κ2) is 10.1. The lowest BCUT2D eigenvalue weighted by atomic mass is 10.0. The Bertz CT molecular complexity index is 1360. The Morgan fingerprint density at radius 2 is 1.91 bits per heavy atom. The predicted octanol–water partition coefficient (Wildman–Crippen LogP) is 4.91. The van der Waals surface area contributed by atoms with Crippen LogP contribution < -0.4 is 5.56 Å². The zero-order valence-electron chi connectivity index (χ0n) is 20.2. The smallest absolute Gasteiger partial charge is 0.252 e.